The molecule has 1 aliphatic rings. The fraction of sp³-hybridized carbons (Fsp3) is 0.350. The summed E-state index contributed by atoms with van der Waals surface area (Å²) in [6.07, 6.45) is 1.58. The van der Waals surface area contributed by atoms with Gasteiger partial charge in [0.2, 0.25) is 5.89 Å². The lowest BCUT2D eigenvalue weighted by Gasteiger charge is -2.34. The summed E-state index contributed by atoms with van der Waals surface area (Å²) >= 11 is 5.93. The number of hydrogen-bond acceptors (Lipinski definition) is 7. The average Bonchev–Trinajstić information content (AvgIpc) is 3.23. The number of aliphatic imine (C=N–C) groups is 1. The third-order valence-corrected chi connectivity index (χ3v) is 5.59. The zero-order valence-corrected chi connectivity index (χ0v) is 17.3. The Kier molecular flexibility index (Phi) is 5.29. The Labute approximate surface area is 176 Å². The van der Waals surface area contributed by atoms with E-state index in [0.717, 1.165) is 12.8 Å². The molecular formula is C20H20ClN5O4. The SMILES string of the molecule is C=Nc1onc(C)c1C(=O)N(C)Cc1nn([C@H]2C[C@H](c3ccc(Cl)cc3)C2)c(=O)o1. The maximum Gasteiger partial charge on any atom is 0.437 e. The molecule has 3 aromatic rings. The monoisotopic (exact) mass is 429 g/mol. The van der Waals surface area contributed by atoms with Crippen LogP contribution in [-0.2, 0) is 6.54 Å². The van der Waals surface area contributed by atoms with Crippen molar-refractivity contribution in [3.63, 3.8) is 0 Å². The molecule has 2 heterocycles. The summed E-state index contributed by atoms with van der Waals surface area (Å²) in [5, 5.41) is 8.73. The van der Waals surface area contributed by atoms with E-state index in [4.69, 9.17) is 20.5 Å². The largest absolute Gasteiger partial charge is 0.437 e. The van der Waals surface area contributed by atoms with Crippen molar-refractivity contribution in [2.75, 3.05) is 7.05 Å². The minimum Gasteiger partial charge on any atom is -0.390 e. The zero-order valence-electron chi connectivity index (χ0n) is 16.5. The van der Waals surface area contributed by atoms with Crippen LogP contribution in [-0.4, -0.2) is 39.5 Å². The number of rotatable bonds is 6. The lowest BCUT2D eigenvalue weighted by atomic mass is 9.76. The van der Waals surface area contributed by atoms with Crippen molar-refractivity contribution >= 4 is 30.1 Å². The summed E-state index contributed by atoms with van der Waals surface area (Å²) in [6.45, 7) is 5.04. The Morgan fingerprint density at radius 2 is 2.07 bits per heavy atom. The van der Waals surface area contributed by atoms with Gasteiger partial charge in [-0.05, 0) is 50.1 Å². The van der Waals surface area contributed by atoms with E-state index in [1.54, 1.807) is 14.0 Å². The molecule has 0 unspecified atom stereocenters. The molecule has 1 aliphatic carbocycles. The molecule has 0 radical (unpaired) electrons. The van der Waals surface area contributed by atoms with Gasteiger partial charge in [0, 0.05) is 12.1 Å². The van der Waals surface area contributed by atoms with Crippen molar-refractivity contribution in [3.05, 3.63) is 62.6 Å². The van der Waals surface area contributed by atoms with E-state index < -0.39 is 5.76 Å². The van der Waals surface area contributed by atoms with Crippen molar-refractivity contribution in [2.45, 2.75) is 38.3 Å². The quantitative estimate of drug-likeness (QED) is 0.555. The van der Waals surface area contributed by atoms with Gasteiger partial charge >= 0.3 is 5.76 Å². The fourth-order valence-corrected chi connectivity index (χ4v) is 3.72. The van der Waals surface area contributed by atoms with Gasteiger partial charge in [-0.15, -0.1) is 5.10 Å². The highest BCUT2D eigenvalue weighted by Gasteiger charge is 2.34. The number of amides is 1. The number of nitrogens with zero attached hydrogens (tertiary/aromatic N) is 5. The highest BCUT2D eigenvalue weighted by Crippen LogP contribution is 2.44. The molecule has 1 fully saturated rings. The Morgan fingerprint density at radius 1 is 1.37 bits per heavy atom. The second-order valence-electron chi connectivity index (χ2n) is 7.35. The Hall–Kier alpha value is -3.20. The van der Waals surface area contributed by atoms with Gasteiger partial charge in [-0.3, -0.25) is 4.79 Å². The zero-order chi connectivity index (χ0) is 21.4. The third-order valence-electron chi connectivity index (χ3n) is 5.33. The normalized spacial score (nSPS) is 18.1. The number of aryl methyl sites for hydroxylation is 1. The van der Waals surface area contributed by atoms with Gasteiger partial charge in [-0.2, -0.15) is 4.68 Å². The molecule has 10 heteroatoms. The van der Waals surface area contributed by atoms with Gasteiger partial charge in [0.05, 0.1) is 18.3 Å². The van der Waals surface area contributed by atoms with Crippen LogP contribution in [0.3, 0.4) is 0 Å². The first kappa shape index (κ1) is 20.1. The predicted octanol–water partition coefficient (Wildman–Crippen LogP) is 3.51. The van der Waals surface area contributed by atoms with Crippen LogP contribution >= 0.6 is 11.6 Å². The average molecular weight is 430 g/mol. The van der Waals surface area contributed by atoms with Crippen LogP contribution in [0.5, 0.6) is 0 Å². The van der Waals surface area contributed by atoms with Crippen LogP contribution in [0.15, 0.2) is 43.0 Å². The Bertz CT molecular complexity index is 1140. The van der Waals surface area contributed by atoms with Crippen LogP contribution in [0.4, 0.5) is 5.88 Å². The number of aromatic nitrogens is 3. The van der Waals surface area contributed by atoms with Crippen LogP contribution in [0, 0.1) is 6.92 Å². The van der Waals surface area contributed by atoms with E-state index in [2.05, 4.69) is 22.0 Å². The molecule has 156 valence electrons. The van der Waals surface area contributed by atoms with E-state index in [0.29, 0.717) is 16.6 Å². The van der Waals surface area contributed by atoms with E-state index >= 15 is 0 Å². The van der Waals surface area contributed by atoms with Crippen molar-refractivity contribution in [2.24, 2.45) is 4.99 Å². The summed E-state index contributed by atoms with van der Waals surface area (Å²) in [5.41, 5.74) is 1.82. The number of hydrogen-bond donors (Lipinski definition) is 0. The van der Waals surface area contributed by atoms with Crippen molar-refractivity contribution < 1.29 is 13.7 Å². The molecular weight excluding hydrogens is 410 g/mol. The van der Waals surface area contributed by atoms with Crippen LogP contribution < -0.4 is 5.76 Å². The number of carbonyl (C=O) groups is 1. The van der Waals surface area contributed by atoms with E-state index in [9.17, 15) is 9.59 Å². The topological polar surface area (TPSA) is 107 Å². The molecule has 2 aromatic heterocycles. The molecule has 0 bridgehead atoms. The lowest BCUT2D eigenvalue weighted by Crippen LogP contribution is -2.32. The number of benzene rings is 1. The minimum absolute atomic E-state index is 0.0234. The summed E-state index contributed by atoms with van der Waals surface area (Å²) in [5.74, 6) is -0.336. The molecule has 4 rings (SSSR count). The summed E-state index contributed by atoms with van der Waals surface area (Å²) < 4.78 is 11.6. The van der Waals surface area contributed by atoms with Gasteiger partial charge in [0.1, 0.15) is 5.56 Å². The molecule has 0 atom stereocenters. The van der Waals surface area contributed by atoms with E-state index in [1.165, 1.54) is 15.1 Å². The standard InChI is InChI=1S/C20H20ClN5O4/c1-11-17(18(22-2)30-24-11)19(27)25(3)10-16-23-26(20(28)29-16)15-8-13(9-15)12-4-6-14(21)7-5-12/h4-7,13,15H,2,8-10H2,1,3H3/t13-,15-. The number of carbonyl (C=O) groups excluding carboxylic acids is 1. The number of halogens is 1. The first-order valence-electron chi connectivity index (χ1n) is 9.39. The highest BCUT2D eigenvalue weighted by molar-refractivity contribution is 6.30. The maximum absolute atomic E-state index is 12.7. The molecule has 1 saturated carbocycles. The van der Waals surface area contributed by atoms with Gasteiger partial charge in [0.25, 0.3) is 11.8 Å². The van der Waals surface area contributed by atoms with Gasteiger partial charge < -0.3 is 13.8 Å². The second-order valence-corrected chi connectivity index (χ2v) is 7.78. The van der Waals surface area contributed by atoms with Gasteiger partial charge in [-0.25, -0.2) is 9.79 Å². The first-order valence-corrected chi connectivity index (χ1v) is 9.77. The molecule has 0 N–H and O–H groups in total. The third kappa shape index (κ3) is 3.68. The van der Waals surface area contributed by atoms with Crippen LogP contribution in [0.25, 0.3) is 0 Å². The van der Waals surface area contributed by atoms with E-state index in [-0.39, 0.29) is 35.8 Å². The molecule has 0 saturated heterocycles. The molecule has 0 aliphatic heterocycles. The molecule has 30 heavy (non-hydrogen) atoms. The van der Waals surface area contributed by atoms with Crippen LogP contribution in [0.2, 0.25) is 5.02 Å². The predicted molar refractivity (Wildman–Crippen MR) is 109 cm³/mol. The van der Waals surface area contributed by atoms with Crippen molar-refractivity contribution in [1.29, 1.82) is 0 Å². The molecule has 1 aromatic carbocycles. The molecule has 0 spiro atoms. The molecule has 1 amide bonds. The van der Waals surface area contributed by atoms with E-state index in [1.807, 2.05) is 24.3 Å². The Morgan fingerprint density at radius 3 is 2.73 bits per heavy atom. The first-order chi connectivity index (χ1) is 14.4. The lowest BCUT2D eigenvalue weighted by molar-refractivity contribution is 0.0772. The van der Waals surface area contributed by atoms with Crippen LogP contribution in [0.1, 0.15) is 52.3 Å². The van der Waals surface area contributed by atoms with Crippen molar-refractivity contribution in [3.8, 4) is 0 Å². The second kappa shape index (κ2) is 7.91. The summed E-state index contributed by atoms with van der Waals surface area (Å²) in [7, 11) is 1.57. The Balaban J connectivity index is 1.42. The van der Waals surface area contributed by atoms with Gasteiger partial charge in [-0.1, -0.05) is 28.9 Å². The summed E-state index contributed by atoms with van der Waals surface area (Å²) in [6, 6.07) is 7.69. The van der Waals surface area contributed by atoms with Gasteiger partial charge in [0.15, 0.2) is 0 Å². The highest BCUT2D eigenvalue weighted by atomic mass is 35.5. The molecule has 9 nitrogen and oxygen atoms in total. The maximum atomic E-state index is 12.7. The smallest absolute Gasteiger partial charge is 0.390 e. The van der Waals surface area contributed by atoms with Crippen molar-refractivity contribution in [1.82, 2.24) is 19.8 Å². The summed E-state index contributed by atoms with van der Waals surface area (Å²) in [4.78, 5) is 30.0. The minimum atomic E-state index is -0.528. The fourth-order valence-electron chi connectivity index (χ4n) is 3.60.